The lowest BCUT2D eigenvalue weighted by Gasteiger charge is -2.08. The average Bonchev–Trinajstić information content (AvgIpc) is 3.21. The molecule has 1 amide bonds. The molecule has 0 radical (unpaired) electrons. The van der Waals surface area contributed by atoms with Crippen molar-refractivity contribution in [2.24, 2.45) is 13.0 Å². The van der Waals surface area contributed by atoms with Gasteiger partial charge < -0.3 is 14.8 Å². The van der Waals surface area contributed by atoms with Gasteiger partial charge in [0, 0.05) is 24.5 Å². The second-order valence-corrected chi connectivity index (χ2v) is 7.84. The number of ether oxygens (including phenoxy) is 2. The zero-order valence-electron chi connectivity index (χ0n) is 16.3. The van der Waals surface area contributed by atoms with Gasteiger partial charge in [0.25, 0.3) is 5.91 Å². The number of fused-ring (bicyclic) bond motifs is 1. The Kier molecular flexibility index (Phi) is 5.70. The van der Waals surface area contributed by atoms with Gasteiger partial charge in [-0.25, -0.2) is 0 Å². The fourth-order valence-electron chi connectivity index (χ4n) is 2.91. The first-order chi connectivity index (χ1) is 12.9. The fraction of sp³-hybridized carbons (Fsp3) is 0.400. The Balaban J connectivity index is 1.94. The highest BCUT2D eigenvalue weighted by atomic mass is 32.1. The highest BCUT2D eigenvalue weighted by molar-refractivity contribution is 7.20. The standard InChI is InChI=1S/C20H25N3O3S/c1-12(2)8-9-21-19(24)17-11-14-18(22-23(3)20(14)27-17)13-6-7-15(25-4)16(10-13)26-5/h6-7,10-12H,8-9H2,1-5H3,(H,21,24). The van der Waals surface area contributed by atoms with Gasteiger partial charge >= 0.3 is 0 Å². The fourth-order valence-corrected chi connectivity index (χ4v) is 3.90. The SMILES string of the molecule is COc1ccc(-c2nn(C)c3sc(C(=O)NCCC(C)C)cc23)cc1OC. The number of aromatic nitrogens is 2. The van der Waals surface area contributed by atoms with Gasteiger partial charge in [0.1, 0.15) is 10.5 Å². The van der Waals surface area contributed by atoms with E-state index in [-0.39, 0.29) is 5.91 Å². The van der Waals surface area contributed by atoms with E-state index < -0.39 is 0 Å². The number of hydrogen-bond acceptors (Lipinski definition) is 5. The molecule has 6 nitrogen and oxygen atoms in total. The first-order valence-electron chi connectivity index (χ1n) is 8.91. The molecule has 0 saturated heterocycles. The number of methoxy groups -OCH3 is 2. The molecule has 3 rings (SSSR count). The van der Waals surface area contributed by atoms with Crippen molar-refractivity contribution in [3.05, 3.63) is 29.1 Å². The Hall–Kier alpha value is -2.54. The van der Waals surface area contributed by atoms with Crippen molar-refractivity contribution in [1.82, 2.24) is 15.1 Å². The summed E-state index contributed by atoms with van der Waals surface area (Å²) in [7, 11) is 5.11. The van der Waals surface area contributed by atoms with E-state index in [0.717, 1.165) is 27.9 Å². The first kappa shape index (κ1) is 19.2. The van der Waals surface area contributed by atoms with Crippen LogP contribution in [0.5, 0.6) is 11.5 Å². The molecule has 1 aromatic carbocycles. The number of carbonyl (C=O) groups is 1. The van der Waals surface area contributed by atoms with E-state index in [9.17, 15) is 4.79 Å². The number of benzene rings is 1. The van der Waals surface area contributed by atoms with Crippen LogP contribution in [0.1, 0.15) is 29.9 Å². The van der Waals surface area contributed by atoms with Gasteiger partial charge in [-0.2, -0.15) is 5.10 Å². The van der Waals surface area contributed by atoms with Gasteiger partial charge in [-0.3, -0.25) is 9.48 Å². The maximum Gasteiger partial charge on any atom is 0.261 e. The summed E-state index contributed by atoms with van der Waals surface area (Å²) in [5.41, 5.74) is 1.74. The summed E-state index contributed by atoms with van der Waals surface area (Å²) in [5, 5.41) is 8.60. The number of hydrogen-bond donors (Lipinski definition) is 1. The van der Waals surface area contributed by atoms with Crippen LogP contribution in [0.2, 0.25) is 0 Å². The van der Waals surface area contributed by atoms with E-state index in [4.69, 9.17) is 9.47 Å². The monoisotopic (exact) mass is 387 g/mol. The number of aryl methyl sites for hydroxylation is 1. The van der Waals surface area contributed by atoms with Gasteiger partial charge in [-0.05, 0) is 36.6 Å². The lowest BCUT2D eigenvalue weighted by atomic mass is 10.1. The smallest absolute Gasteiger partial charge is 0.261 e. The molecule has 2 aromatic heterocycles. The van der Waals surface area contributed by atoms with Crippen molar-refractivity contribution in [2.45, 2.75) is 20.3 Å². The van der Waals surface area contributed by atoms with E-state index >= 15 is 0 Å². The van der Waals surface area contributed by atoms with E-state index in [2.05, 4.69) is 24.3 Å². The van der Waals surface area contributed by atoms with Crippen molar-refractivity contribution in [2.75, 3.05) is 20.8 Å². The molecule has 3 aromatic rings. The van der Waals surface area contributed by atoms with Gasteiger partial charge in [0.15, 0.2) is 11.5 Å². The van der Waals surface area contributed by atoms with Crippen LogP contribution in [0.3, 0.4) is 0 Å². The van der Waals surface area contributed by atoms with E-state index in [1.165, 1.54) is 11.3 Å². The predicted molar refractivity (Wildman–Crippen MR) is 109 cm³/mol. The summed E-state index contributed by atoms with van der Waals surface area (Å²) in [5.74, 6) is 1.85. The summed E-state index contributed by atoms with van der Waals surface area (Å²) in [6.45, 7) is 4.98. The molecule has 0 fully saturated rings. The van der Waals surface area contributed by atoms with Crippen molar-refractivity contribution >= 4 is 27.5 Å². The second-order valence-electron chi connectivity index (χ2n) is 6.81. The number of nitrogens with zero attached hydrogens (tertiary/aromatic N) is 2. The Morgan fingerprint density at radius 1 is 1.22 bits per heavy atom. The molecule has 0 aliphatic rings. The highest BCUT2D eigenvalue weighted by Crippen LogP contribution is 2.37. The topological polar surface area (TPSA) is 65.4 Å². The zero-order valence-corrected chi connectivity index (χ0v) is 17.1. The van der Waals surface area contributed by atoms with Crippen molar-refractivity contribution in [1.29, 1.82) is 0 Å². The molecule has 0 aliphatic heterocycles. The predicted octanol–water partition coefficient (Wildman–Crippen LogP) is 4.09. The molecule has 0 bridgehead atoms. The summed E-state index contributed by atoms with van der Waals surface area (Å²) in [6, 6.07) is 7.63. The Labute approximate surface area is 163 Å². The van der Waals surface area contributed by atoms with Gasteiger partial charge in [0.2, 0.25) is 0 Å². The van der Waals surface area contributed by atoms with Crippen LogP contribution in [0.4, 0.5) is 0 Å². The molecule has 27 heavy (non-hydrogen) atoms. The van der Waals surface area contributed by atoms with E-state index in [1.807, 2.05) is 36.0 Å². The molecule has 144 valence electrons. The van der Waals surface area contributed by atoms with Crippen molar-refractivity contribution in [3.63, 3.8) is 0 Å². The second kappa shape index (κ2) is 8.00. The minimum absolute atomic E-state index is 0.0323. The van der Waals surface area contributed by atoms with Crippen LogP contribution in [-0.4, -0.2) is 36.5 Å². The van der Waals surface area contributed by atoms with Crippen LogP contribution < -0.4 is 14.8 Å². The summed E-state index contributed by atoms with van der Waals surface area (Å²) >= 11 is 1.46. The van der Waals surface area contributed by atoms with E-state index in [1.54, 1.807) is 14.2 Å². The zero-order chi connectivity index (χ0) is 19.6. The summed E-state index contributed by atoms with van der Waals surface area (Å²) in [4.78, 5) is 14.1. The van der Waals surface area contributed by atoms with Gasteiger partial charge in [-0.1, -0.05) is 13.8 Å². The van der Waals surface area contributed by atoms with Crippen molar-refractivity contribution in [3.8, 4) is 22.8 Å². The summed E-state index contributed by atoms with van der Waals surface area (Å²) < 4.78 is 12.5. The normalized spacial score (nSPS) is 11.2. The number of rotatable bonds is 7. The van der Waals surface area contributed by atoms with Crippen LogP contribution in [0.15, 0.2) is 24.3 Å². The molecule has 0 aliphatic carbocycles. The molecule has 7 heteroatoms. The van der Waals surface area contributed by atoms with Crippen molar-refractivity contribution < 1.29 is 14.3 Å². The number of carbonyl (C=O) groups excluding carboxylic acids is 1. The quantitative estimate of drug-likeness (QED) is 0.663. The van der Waals surface area contributed by atoms with Gasteiger partial charge in [-0.15, -0.1) is 11.3 Å². The molecule has 0 unspecified atom stereocenters. The molecule has 0 atom stereocenters. The third kappa shape index (κ3) is 3.93. The Morgan fingerprint density at radius 2 is 1.96 bits per heavy atom. The lowest BCUT2D eigenvalue weighted by Crippen LogP contribution is -2.24. The first-order valence-corrected chi connectivity index (χ1v) is 9.73. The minimum atomic E-state index is -0.0323. The van der Waals surface area contributed by atoms with Crippen LogP contribution in [0, 0.1) is 5.92 Å². The third-order valence-electron chi connectivity index (χ3n) is 4.40. The van der Waals surface area contributed by atoms with Crippen LogP contribution >= 0.6 is 11.3 Å². The van der Waals surface area contributed by atoms with Gasteiger partial charge in [0.05, 0.1) is 19.1 Å². The molecule has 1 N–H and O–H groups in total. The maximum atomic E-state index is 12.5. The Morgan fingerprint density at radius 3 is 2.63 bits per heavy atom. The molecular weight excluding hydrogens is 362 g/mol. The number of amides is 1. The van der Waals surface area contributed by atoms with E-state index in [0.29, 0.717) is 28.8 Å². The van der Waals surface area contributed by atoms with Crippen LogP contribution in [0.25, 0.3) is 21.5 Å². The molecule has 0 saturated carbocycles. The largest absolute Gasteiger partial charge is 0.493 e. The maximum absolute atomic E-state index is 12.5. The number of thiophene rings is 1. The third-order valence-corrected chi connectivity index (χ3v) is 5.60. The Bertz CT molecular complexity index is 959. The molecule has 2 heterocycles. The number of nitrogens with one attached hydrogen (secondary N) is 1. The van der Waals surface area contributed by atoms with Crippen LogP contribution in [-0.2, 0) is 7.05 Å². The summed E-state index contributed by atoms with van der Waals surface area (Å²) in [6.07, 6.45) is 0.967. The minimum Gasteiger partial charge on any atom is -0.493 e. The molecule has 0 spiro atoms. The average molecular weight is 388 g/mol. The lowest BCUT2D eigenvalue weighted by molar-refractivity contribution is 0.0956. The molecular formula is C20H25N3O3S. The highest BCUT2D eigenvalue weighted by Gasteiger charge is 2.19.